The van der Waals surface area contributed by atoms with Crippen molar-refractivity contribution < 1.29 is 42.2 Å². The molecule has 0 aliphatic carbocycles. The Morgan fingerprint density at radius 2 is 1.95 bits per heavy atom. The highest BCUT2D eigenvalue weighted by molar-refractivity contribution is 5.99. The molecule has 1 aromatic carbocycles. The number of aliphatic hydroxyl groups excluding tert-OH is 1. The first-order valence-electron chi connectivity index (χ1n) is 12.1. The summed E-state index contributed by atoms with van der Waals surface area (Å²) in [7, 11) is 0. The SMILES string of the molecule is CCC(NC(=O)C(CCCc1ccccc1OC(F)F)C(O)C(=O)N1CCOCC1)C(=O)c1ncco1. The summed E-state index contributed by atoms with van der Waals surface area (Å²) in [5, 5.41) is 13.6. The molecular formula is C25H31F2N3O7. The highest BCUT2D eigenvalue weighted by atomic mass is 19.3. The zero-order valence-electron chi connectivity index (χ0n) is 20.5. The summed E-state index contributed by atoms with van der Waals surface area (Å²) in [6.45, 7) is -0.0981. The number of Topliss-reactive ketones (excluding diaryl/α,β-unsaturated/α-hetero) is 1. The molecule has 1 aliphatic rings. The fourth-order valence-corrected chi connectivity index (χ4v) is 4.13. The minimum absolute atomic E-state index is 0.0195. The smallest absolute Gasteiger partial charge is 0.387 e. The maximum Gasteiger partial charge on any atom is 0.387 e. The summed E-state index contributed by atoms with van der Waals surface area (Å²) >= 11 is 0. The molecule has 2 heterocycles. The topological polar surface area (TPSA) is 131 Å². The number of ketones is 1. The number of para-hydroxylation sites is 1. The summed E-state index contributed by atoms with van der Waals surface area (Å²) in [5.41, 5.74) is 0.501. The number of ether oxygens (including phenoxy) is 2. The number of hydrogen-bond donors (Lipinski definition) is 2. The van der Waals surface area contributed by atoms with E-state index in [4.69, 9.17) is 9.15 Å². The van der Waals surface area contributed by atoms with Crippen molar-refractivity contribution in [1.29, 1.82) is 0 Å². The molecule has 0 bridgehead atoms. The molecule has 10 nitrogen and oxygen atoms in total. The van der Waals surface area contributed by atoms with Crippen LogP contribution >= 0.6 is 0 Å². The van der Waals surface area contributed by atoms with Gasteiger partial charge < -0.3 is 29.2 Å². The van der Waals surface area contributed by atoms with Gasteiger partial charge in [0.1, 0.15) is 18.1 Å². The number of aliphatic hydroxyl groups is 1. The van der Waals surface area contributed by atoms with Crippen LogP contribution in [0.5, 0.6) is 5.75 Å². The number of rotatable bonds is 13. The molecule has 2 amide bonds. The summed E-state index contributed by atoms with van der Waals surface area (Å²) < 4.78 is 40.3. The van der Waals surface area contributed by atoms with Gasteiger partial charge in [-0.25, -0.2) is 4.98 Å². The second kappa shape index (κ2) is 13.8. The standard InChI is InChI=1S/C25H31F2N3O7/c1-2-18(21(32)23-28-10-13-36-23)29-22(33)17(20(31)24(34)30-11-14-35-15-12-30)8-5-7-16-6-3-4-9-19(16)37-25(26)27/h3-4,6,9-10,13,17-18,20,25,31H,2,5,7-8,11-12,14-15H2,1H3,(H,29,33). The van der Waals surface area contributed by atoms with Crippen LogP contribution in [0.25, 0.3) is 0 Å². The Morgan fingerprint density at radius 1 is 1.22 bits per heavy atom. The summed E-state index contributed by atoms with van der Waals surface area (Å²) in [6, 6.07) is 5.32. The van der Waals surface area contributed by atoms with Gasteiger partial charge in [-0.2, -0.15) is 8.78 Å². The van der Waals surface area contributed by atoms with Gasteiger partial charge in [-0.3, -0.25) is 14.4 Å². The van der Waals surface area contributed by atoms with Crippen molar-refractivity contribution >= 4 is 17.6 Å². The molecule has 2 N–H and O–H groups in total. The minimum Gasteiger partial charge on any atom is -0.442 e. The number of hydrogen-bond acceptors (Lipinski definition) is 8. The molecule has 0 spiro atoms. The second-order valence-electron chi connectivity index (χ2n) is 8.54. The van der Waals surface area contributed by atoms with E-state index in [-0.39, 0.29) is 50.4 Å². The third-order valence-corrected chi connectivity index (χ3v) is 6.13. The summed E-state index contributed by atoms with van der Waals surface area (Å²) in [6.07, 6.45) is 1.70. The third-order valence-electron chi connectivity index (χ3n) is 6.13. The van der Waals surface area contributed by atoms with Crippen LogP contribution in [0, 0.1) is 5.92 Å². The maximum absolute atomic E-state index is 13.3. The molecule has 3 rings (SSSR count). The first kappa shape index (κ1) is 28.2. The first-order valence-corrected chi connectivity index (χ1v) is 12.1. The Hall–Kier alpha value is -3.38. The van der Waals surface area contributed by atoms with E-state index in [1.54, 1.807) is 25.1 Å². The van der Waals surface area contributed by atoms with E-state index < -0.39 is 42.3 Å². The van der Waals surface area contributed by atoms with Crippen LogP contribution in [0.15, 0.2) is 41.1 Å². The molecule has 3 unspecified atom stereocenters. The summed E-state index contributed by atoms with van der Waals surface area (Å²) in [4.78, 5) is 44.2. The molecule has 202 valence electrons. The molecule has 2 aromatic rings. The van der Waals surface area contributed by atoms with Crippen molar-refractivity contribution in [3.8, 4) is 5.75 Å². The fraction of sp³-hybridized carbons (Fsp3) is 0.520. The van der Waals surface area contributed by atoms with Gasteiger partial charge in [0.25, 0.3) is 11.8 Å². The zero-order chi connectivity index (χ0) is 26.8. The Bertz CT molecular complexity index is 1030. The monoisotopic (exact) mass is 523 g/mol. The number of carbonyl (C=O) groups is 3. The Kier molecular flexibility index (Phi) is 10.5. The predicted octanol–water partition coefficient (Wildman–Crippen LogP) is 2.21. The van der Waals surface area contributed by atoms with Gasteiger partial charge in [0, 0.05) is 13.1 Å². The third kappa shape index (κ3) is 7.80. The quantitative estimate of drug-likeness (QED) is 0.382. The van der Waals surface area contributed by atoms with Crippen LogP contribution in [0.2, 0.25) is 0 Å². The number of alkyl halides is 2. The molecule has 0 radical (unpaired) electrons. The van der Waals surface area contributed by atoms with Crippen molar-refractivity contribution in [3.63, 3.8) is 0 Å². The van der Waals surface area contributed by atoms with E-state index in [9.17, 15) is 28.3 Å². The second-order valence-corrected chi connectivity index (χ2v) is 8.54. The van der Waals surface area contributed by atoms with Gasteiger partial charge in [-0.1, -0.05) is 25.1 Å². The first-order chi connectivity index (χ1) is 17.8. The van der Waals surface area contributed by atoms with Gasteiger partial charge in [0.15, 0.2) is 0 Å². The lowest BCUT2D eigenvalue weighted by molar-refractivity contribution is -0.151. The van der Waals surface area contributed by atoms with Crippen molar-refractivity contribution in [2.24, 2.45) is 5.92 Å². The van der Waals surface area contributed by atoms with Gasteiger partial charge in [-0.05, 0) is 37.3 Å². The fourth-order valence-electron chi connectivity index (χ4n) is 4.13. The highest BCUT2D eigenvalue weighted by Crippen LogP contribution is 2.24. The zero-order valence-corrected chi connectivity index (χ0v) is 20.5. The van der Waals surface area contributed by atoms with E-state index in [0.29, 0.717) is 18.8 Å². The van der Waals surface area contributed by atoms with Gasteiger partial charge in [0.2, 0.25) is 11.7 Å². The van der Waals surface area contributed by atoms with Crippen LogP contribution in [0.3, 0.4) is 0 Å². The number of halogens is 2. The lowest BCUT2D eigenvalue weighted by Crippen LogP contribution is -2.52. The normalized spacial score (nSPS) is 16.2. The Labute approximate surface area is 212 Å². The van der Waals surface area contributed by atoms with Gasteiger partial charge >= 0.3 is 6.61 Å². The number of morpholine rings is 1. The number of carbonyl (C=O) groups excluding carboxylic acids is 3. The van der Waals surface area contributed by atoms with Crippen molar-refractivity contribution in [1.82, 2.24) is 15.2 Å². The van der Waals surface area contributed by atoms with Crippen molar-refractivity contribution in [2.75, 3.05) is 26.3 Å². The molecule has 1 saturated heterocycles. The minimum atomic E-state index is -2.99. The van der Waals surface area contributed by atoms with E-state index in [1.165, 1.54) is 23.4 Å². The molecule has 1 aliphatic heterocycles. The van der Waals surface area contributed by atoms with Crippen LogP contribution in [-0.2, 0) is 20.7 Å². The van der Waals surface area contributed by atoms with Crippen LogP contribution in [0.1, 0.15) is 42.4 Å². The van der Waals surface area contributed by atoms with Gasteiger partial charge in [0.05, 0.1) is 31.4 Å². The lowest BCUT2D eigenvalue weighted by atomic mass is 9.91. The lowest BCUT2D eigenvalue weighted by Gasteiger charge is -2.31. The van der Waals surface area contributed by atoms with E-state index >= 15 is 0 Å². The van der Waals surface area contributed by atoms with E-state index in [0.717, 1.165) is 0 Å². The van der Waals surface area contributed by atoms with Crippen LogP contribution in [-0.4, -0.2) is 77.6 Å². The molecular weight excluding hydrogens is 492 g/mol. The van der Waals surface area contributed by atoms with Crippen molar-refractivity contribution in [2.45, 2.75) is 51.4 Å². The van der Waals surface area contributed by atoms with Crippen LogP contribution < -0.4 is 10.1 Å². The number of aromatic nitrogens is 1. The maximum atomic E-state index is 13.3. The molecule has 0 saturated carbocycles. The predicted molar refractivity (Wildman–Crippen MR) is 126 cm³/mol. The molecule has 37 heavy (non-hydrogen) atoms. The summed E-state index contributed by atoms with van der Waals surface area (Å²) in [5.74, 6) is -3.16. The van der Waals surface area contributed by atoms with Gasteiger partial charge in [-0.15, -0.1) is 0 Å². The average Bonchev–Trinajstić information content (AvgIpc) is 3.44. The van der Waals surface area contributed by atoms with E-state index in [2.05, 4.69) is 15.0 Å². The van der Waals surface area contributed by atoms with Crippen molar-refractivity contribution in [3.05, 3.63) is 48.2 Å². The molecule has 1 aromatic heterocycles. The number of aryl methyl sites for hydroxylation is 1. The van der Waals surface area contributed by atoms with E-state index in [1.807, 2.05) is 0 Å². The average molecular weight is 524 g/mol. The largest absolute Gasteiger partial charge is 0.442 e. The highest BCUT2D eigenvalue weighted by Gasteiger charge is 2.37. The van der Waals surface area contributed by atoms with Crippen LogP contribution in [0.4, 0.5) is 8.78 Å². The Balaban J connectivity index is 1.73. The number of nitrogens with one attached hydrogen (secondary N) is 1. The molecule has 12 heteroatoms. The number of benzene rings is 1. The molecule has 3 atom stereocenters. The number of amides is 2. The Morgan fingerprint density at radius 3 is 2.59 bits per heavy atom. The number of oxazole rings is 1. The number of nitrogens with zero attached hydrogens (tertiary/aromatic N) is 2. The molecule has 1 fully saturated rings.